The third-order valence-electron chi connectivity index (χ3n) is 8.11. The van der Waals surface area contributed by atoms with Crippen LogP contribution in [-0.2, 0) is 19.1 Å². The molecule has 11 nitrogen and oxygen atoms in total. The number of amides is 3. The minimum Gasteiger partial charge on any atom is -0.481 e. The van der Waals surface area contributed by atoms with E-state index in [9.17, 15) is 29.1 Å². The smallest absolute Gasteiger partial charge is 0.325 e. The number of nitrogens with zero attached hydrogens (tertiary/aromatic N) is 1. The number of imide groups is 1. The second-order valence-electron chi connectivity index (χ2n) is 10.6. The van der Waals surface area contributed by atoms with Crippen LogP contribution in [0.15, 0.2) is 66.7 Å². The number of carboxylic acid groups (broad SMARTS) is 1. The number of hydrogen-bond acceptors (Lipinski definition) is 8. The van der Waals surface area contributed by atoms with Gasteiger partial charge in [0.05, 0.1) is 35.3 Å². The van der Waals surface area contributed by atoms with Crippen LogP contribution in [0, 0.1) is 11.8 Å². The molecule has 0 saturated carbocycles. The molecule has 13 heteroatoms. The molecule has 0 radical (unpaired) electrons. The third kappa shape index (κ3) is 5.01. The Kier molecular flexibility index (Phi) is 7.89. The first-order valence-electron chi connectivity index (χ1n) is 13.7. The molecule has 2 heterocycles. The zero-order valence-corrected chi connectivity index (χ0v) is 24.4. The molecule has 6 rings (SSSR count). The number of ether oxygens (including phenoxy) is 2. The zero-order valence-electron chi connectivity index (χ0n) is 22.9. The van der Waals surface area contributed by atoms with Crippen molar-refractivity contribution in [3.8, 4) is 0 Å². The van der Waals surface area contributed by atoms with Gasteiger partial charge in [-0.25, -0.2) is 4.79 Å². The number of rotatable bonds is 5. The second kappa shape index (κ2) is 11.7. The number of hydrogen-bond donors (Lipinski definition) is 3. The molecule has 3 unspecified atom stereocenters. The van der Waals surface area contributed by atoms with Crippen LogP contribution < -0.4 is 15.5 Å². The number of anilines is 2. The minimum absolute atomic E-state index is 0.0176. The Morgan fingerprint density at radius 1 is 0.886 bits per heavy atom. The van der Waals surface area contributed by atoms with E-state index < -0.39 is 53.0 Å². The van der Waals surface area contributed by atoms with Crippen molar-refractivity contribution in [2.75, 3.05) is 36.5 Å². The maximum atomic E-state index is 13.8. The molecule has 2 fully saturated rings. The number of carbonyl (C=O) groups excluding carboxylic acids is 4. The highest BCUT2D eigenvalue weighted by Crippen LogP contribution is 2.54. The molecule has 3 amide bonds. The maximum Gasteiger partial charge on any atom is 0.325 e. The number of Topliss-reactive ketones (excluding diaryl/α,β-unsaturated/α-hetero) is 2. The van der Waals surface area contributed by atoms with Crippen LogP contribution in [0.5, 0.6) is 0 Å². The number of morpholine rings is 1. The molecule has 2 saturated heterocycles. The van der Waals surface area contributed by atoms with Gasteiger partial charge in [-0.05, 0) is 42.0 Å². The lowest BCUT2D eigenvalue weighted by Crippen LogP contribution is -2.53. The number of benzene rings is 3. The number of nitrogens with one attached hydrogen (secondary N) is 2. The van der Waals surface area contributed by atoms with Crippen molar-refractivity contribution in [2.45, 2.75) is 11.7 Å². The number of urea groups is 1. The van der Waals surface area contributed by atoms with Crippen LogP contribution in [0.2, 0.25) is 10.0 Å². The molecule has 1 aliphatic carbocycles. The Morgan fingerprint density at radius 2 is 1.52 bits per heavy atom. The molecule has 0 aromatic heterocycles. The SMILES string of the molecule is O=C(NC(=O)C1C(c2ccc(Cl)c(Cl)c2)OC2(C(=O)c3ccccc3C2=O)C1C(=O)O)Nc1ccc(N2CCOCC2)cc1. The second-order valence-corrected chi connectivity index (χ2v) is 11.4. The van der Waals surface area contributed by atoms with E-state index in [4.69, 9.17) is 32.7 Å². The van der Waals surface area contributed by atoms with Crippen LogP contribution in [0.3, 0.4) is 0 Å². The predicted molar refractivity (Wildman–Crippen MR) is 159 cm³/mol. The van der Waals surface area contributed by atoms with E-state index in [1.165, 1.54) is 42.5 Å². The highest BCUT2D eigenvalue weighted by molar-refractivity contribution is 6.42. The lowest BCUT2D eigenvalue weighted by Gasteiger charge is -2.28. The van der Waals surface area contributed by atoms with Crippen molar-refractivity contribution in [3.63, 3.8) is 0 Å². The largest absolute Gasteiger partial charge is 0.481 e. The van der Waals surface area contributed by atoms with Gasteiger partial charge in [0.2, 0.25) is 23.1 Å². The van der Waals surface area contributed by atoms with Crippen LogP contribution in [0.25, 0.3) is 0 Å². The fraction of sp³-hybridized carbons (Fsp3) is 0.258. The number of ketones is 2. The summed E-state index contributed by atoms with van der Waals surface area (Å²) in [5.41, 5.74) is -1.08. The van der Waals surface area contributed by atoms with Gasteiger partial charge >= 0.3 is 12.0 Å². The fourth-order valence-corrected chi connectivity index (χ4v) is 6.37. The topological polar surface area (TPSA) is 151 Å². The van der Waals surface area contributed by atoms with Gasteiger partial charge in [0, 0.05) is 35.6 Å². The van der Waals surface area contributed by atoms with E-state index in [-0.39, 0.29) is 26.7 Å². The summed E-state index contributed by atoms with van der Waals surface area (Å²) in [6, 6.07) is 16.1. The number of carboxylic acids is 1. The van der Waals surface area contributed by atoms with Crippen molar-refractivity contribution in [1.29, 1.82) is 0 Å². The summed E-state index contributed by atoms with van der Waals surface area (Å²) in [5, 5.41) is 15.4. The third-order valence-corrected chi connectivity index (χ3v) is 8.85. The first-order valence-corrected chi connectivity index (χ1v) is 14.5. The Bertz CT molecular complexity index is 1650. The van der Waals surface area contributed by atoms with Crippen LogP contribution in [0.4, 0.5) is 16.2 Å². The van der Waals surface area contributed by atoms with Crippen LogP contribution >= 0.6 is 23.2 Å². The van der Waals surface area contributed by atoms with Gasteiger partial charge in [-0.2, -0.15) is 0 Å². The Balaban J connectivity index is 1.30. The highest BCUT2D eigenvalue weighted by Gasteiger charge is 2.71. The molecule has 3 aliphatic rings. The zero-order chi connectivity index (χ0) is 31.2. The van der Waals surface area contributed by atoms with Gasteiger partial charge in [0.25, 0.3) is 0 Å². The Labute approximate surface area is 261 Å². The normalized spacial score (nSPS) is 22.1. The molecular formula is C31H25Cl2N3O8. The van der Waals surface area contributed by atoms with Gasteiger partial charge in [-0.3, -0.25) is 24.5 Å². The maximum absolute atomic E-state index is 13.8. The number of carbonyl (C=O) groups is 5. The summed E-state index contributed by atoms with van der Waals surface area (Å²) >= 11 is 12.3. The molecule has 3 aromatic carbocycles. The first kappa shape index (κ1) is 29.8. The molecule has 1 spiro atoms. The van der Waals surface area contributed by atoms with E-state index in [0.29, 0.717) is 18.9 Å². The summed E-state index contributed by atoms with van der Waals surface area (Å²) in [6.07, 6.45) is -1.45. The van der Waals surface area contributed by atoms with Gasteiger partial charge in [0.15, 0.2) is 0 Å². The van der Waals surface area contributed by atoms with E-state index in [1.807, 2.05) is 12.1 Å². The molecule has 3 atom stereocenters. The summed E-state index contributed by atoms with van der Waals surface area (Å²) in [7, 11) is 0. The van der Waals surface area contributed by atoms with E-state index in [2.05, 4.69) is 15.5 Å². The van der Waals surface area contributed by atoms with Crippen molar-refractivity contribution >= 4 is 64.1 Å². The average Bonchev–Trinajstić information content (AvgIpc) is 3.49. The van der Waals surface area contributed by atoms with Crippen molar-refractivity contribution < 1.29 is 38.6 Å². The number of halogens is 2. The Morgan fingerprint density at radius 3 is 2.11 bits per heavy atom. The standard InChI is InChI=1S/C31H25Cl2N3O8/c32-21-10-5-16(15-22(21)33)25-23(24(29(40)41)31(44-25)26(37)19-3-1-2-4-20(19)27(31)38)28(39)35-30(42)34-17-6-8-18(9-7-17)36-11-13-43-14-12-36/h1-10,15,23-25H,11-14H2,(H,40,41)(H2,34,35,39,42). The number of fused-ring (bicyclic) bond motifs is 1. The predicted octanol–water partition coefficient (Wildman–Crippen LogP) is 4.38. The minimum atomic E-state index is -2.54. The summed E-state index contributed by atoms with van der Waals surface area (Å²) < 4.78 is 11.5. The molecule has 44 heavy (non-hydrogen) atoms. The summed E-state index contributed by atoms with van der Waals surface area (Å²) in [6.45, 7) is 2.68. The lowest BCUT2D eigenvalue weighted by molar-refractivity contribution is -0.148. The fourth-order valence-electron chi connectivity index (χ4n) is 6.06. The molecule has 226 valence electrons. The molecule has 0 bridgehead atoms. The van der Waals surface area contributed by atoms with Crippen molar-refractivity contribution in [3.05, 3.63) is 93.5 Å². The molecular weight excluding hydrogens is 613 g/mol. The van der Waals surface area contributed by atoms with Crippen LogP contribution in [0.1, 0.15) is 32.4 Å². The molecule has 2 aliphatic heterocycles. The molecule has 3 N–H and O–H groups in total. The van der Waals surface area contributed by atoms with Gasteiger partial charge < -0.3 is 24.8 Å². The summed E-state index contributed by atoms with van der Waals surface area (Å²) in [4.78, 5) is 69.2. The van der Waals surface area contributed by atoms with Gasteiger partial charge in [-0.1, -0.05) is 53.5 Å². The Hall–Kier alpha value is -4.29. The van der Waals surface area contributed by atoms with Gasteiger partial charge in [-0.15, -0.1) is 0 Å². The van der Waals surface area contributed by atoms with E-state index >= 15 is 0 Å². The molecule has 3 aromatic rings. The van der Waals surface area contributed by atoms with E-state index in [1.54, 1.807) is 12.1 Å². The monoisotopic (exact) mass is 637 g/mol. The first-order chi connectivity index (χ1) is 21.1. The quantitative estimate of drug-likeness (QED) is 0.346. The van der Waals surface area contributed by atoms with Crippen molar-refractivity contribution in [2.24, 2.45) is 11.8 Å². The average molecular weight is 638 g/mol. The van der Waals surface area contributed by atoms with Crippen molar-refractivity contribution in [1.82, 2.24) is 5.32 Å². The number of aliphatic carboxylic acids is 1. The van der Waals surface area contributed by atoms with E-state index in [0.717, 1.165) is 18.8 Å². The summed E-state index contributed by atoms with van der Waals surface area (Å²) in [5.74, 6) is -8.12. The highest BCUT2D eigenvalue weighted by atomic mass is 35.5. The van der Waals surface area contributed by atoms with Crippen LogP contribution in [-0.4, -0.2) is 66.5 Å². The lowest BCUT2D eigenvalue weighted by atomic mass is 9.75. The van der Waals surface area contributed by atoms with Gasteiger partial charge in [0.1, 0.15) is 5.92 Å².